The van der Waals surface area contributed by atoms with Crippen molar-refractivity contribution in [3.8, 4) is 0 Å². The number of alkyl halides is 1. The molecule has 0 aromatic carbocycles. The number of sulfone groups is 1. The number of hydrogen-bond acceptors (Lipinski definition) is 4. The molecule has 21 heavy (non-hydrogen) atoms. The first kappa shape index (κ1) is 14.8. The lowest BCUT2D eigenvalue weighted by Gasteiger charge is -2.25. The van der Waals surface area contributed by atoms with E-state index in [2.05, 4.69) is 10.1 Å². The quantitative estimate of drug-likeness (QED) is 0.808. The molecule has 1 atom stereocenters. The highest BCUT2D eigenvalue weighted by Gasteiger charge is 2.30. The molecule has 8 heteroatoms. The van der Waals surface area contributed by atoms with Crippen LogP contribution in [0.2, 0.25) is 0 Å². The van der Waals surface area contributed by atoms with E-state index in [-0.39, 0.29) is 23.4 Å². The molecule has 0 N–H and O–H groups in total. The smallest absolute Gasteiger partial charge is 0.159 e. The fraction of sp³-hybridized carbons (Fsp3) is 0.692. The van der Waals surface area contributed by atoms with E-state index in [0.717, 1.165) is 35.6 Å². The van der Waals surface area contributed by atoms with Crippen LogP contribution in [0.5, 0.6) is 0 Å². The molecule has 0 amide bonds. The molecule has 116 valence electrons. The summed E-state index contributed by atoms with van der Waals surface area (Å²) in [4.78, 5) is 4.58. The van der Waals surface area contributed by atoms with Gasteiger partial charge in [-0.25, -0.2) is 18.1 Å². The summed E-state index contributed by atoms with van der Waals surface area (Å²) in [7, 11) is -2.99. The van der Waals surface area contributed by atoms with Crippen LogP contribution in [0.25, 0.3) is 11.2 Å². The minimum Gasteiger partial charge on any atom is -0.308 e. The molecule has 1 aliphatic heterocycles. The van der Waals surface area contributed by atoms with Gasteiger partial charge in [-0.2, -0.15) is 5.10 Å². The third-order valence-corrected chi connectivity index (χ3v) is 6.08. The maximum atomic E-state index is 12.0. The van der Waals surface area contributed by atoms with E-state index in [9.17, 15) is 8.42 Å². The van der Waals surface area contributed by atoms with E-state index in [1.807, 2.05) is 23.1 Å². The van der Waals surface area contributed by atoms with Crippen molar-refractivity contribution in [3.05, 3.63) is 11.5 Å². The van der Waals surface area contributed by atoms with Gasteiger partial charge in [0.25, 0.3) is 0 Å². The zero-order chi connectivity index (χ0) is 15.2. The van der Waals surface area contributed by atoms with Gasteiger partial charge in [-0.1, -0.05) is 0 Å². The minimum atomic E-state index is -2.99. The van der Waals surface area contributed by atoms with E-state index in [4.69, 9.17) is 11.6 Å². The average molecular weight is 331 g/mol. The van der Waals surface area contributed by atoms with Crippen molar-refractivity contribution in [2.75, 3.05) is 11.5 Å². The number of aryl methyl sites for hydroxylation is 2. The third-order valence-electron chi connectivity index (χ3n) is 4.04. The van der Waals surface area contributed by atoms with Gasteiger partial charge in [-0.05, 0) is 26.7 Å². The SMILES string of the molecule is CCn1nc(C)c2nc(CCl)n(C3CCCS(=O)(=O)C3)c21. The number of nitrogens with zero attached hydrogens (tertiary/aromatic N) is 4. The Morgan fingerprint density at radius 1 is 1.43 bits per heavy atom. The predicted octanol–water partition coefficient (Wildman–Crippen LogP) is 2.05. The molecule has 0 spiro atoms. The van der Waals surface area contributed by atoms with Crippen molar-refractivity contribution in [2.24, 2.45) is 0 Å². The topological polar surface area (TPSA) is 69.8 Å². The highest BCUT2D eigenvalue weighted by Crippen LogP contribution is 2.30. The van der Waals surface area contributed by atoms with Gasteiger partial charge in [0.1, 0.15) is 11.3 Å². The van der Waals surface area contributed by atoms with Crippen molar-refractivity contribution >= 4 is 32.6 Å². The van der Waals surface area contributed by atoms with Gasteiger partial charge in [0, 0.05) is 6.54 Å². The lowest BCUT2D eigenvalue weighted by Crippen LogP contribution is -2.29. The highest BCUT2D eigenvalue weighted by atomic mass is 35.5. The van der Waals surface area contributed by atoms with Crippen LogP contribution in [-0.2, 0) is 22.3 Å². The van der Waals surface area contributed by atoms with Crippen LogP contribution in [0.4, 0.5) is 0 Å². The second-order valence-electron chi connectivity index (χ2n) is 5.52. The predicted molar refractivity (Wildman–Crippen MR) is 82.4 cm³/mol. The largest absolute Gasteiger partial charge is 0.308 e. The molecule has 3 rings (SSSR count). The van der Waals surface area contributed by atoms with Gasteiger partial charge < -0.3 is 4.57 Å². The molecule has 1 saturated heterocycles. The summed E-state index contributed by atoms with van der Waals surface area (Å²) >= 11 is 6.04. The second kappa shape index (κ2) is 5.28. The first-order valence-corrected chi connectivity index (χ1v) is 9.53. The Bertz CT molecular complexity index is 778. The van der Waals surface area contributed by atoms with Crippen LogP contribution in [-0.4, -0.2) is 39.3 Å². The van der Waals surface area contributed by atoms with Crippen LogP contribution in [0, 0.1) is 6.92 Å². The van der Waals surface area contributed by atoms with Gasteiger partial charge in [-0.3, -0.25) is 0 Å². The Balaban J connectivity index is 2.20. The molecule has 1 fully saturated rings. The van der Waals surface area contributed by atoms with Crippen LogP contribution in [0.1, 0.15) is 37.3 Å². The number of halogens is 1. The molecule has 6 nitrogen and oxygen atoms in total. The van der Waals surface area contributed by atoms with Gasteiger partial charge in [0.15, 0.2) is 15.5 Å². The number of hydrogen-bond donors (Lipinski definition) is 0. The molecule has 2 aromatic heterocycles. The maximum absolute atomic E-state index is 12.0. The summed E-state index contributed by atoms with van der Waals surface area (Å²) in [5.74, 6) is 1.45. The van der Waals surface area contributed by atoms with Crippen molar-refractivity contribution in [3.63, 3.8) is 0 Å². The summed E-state index contributed by atoms with van der Waals surface area (Å²) in [5, 5.41) is 4.48. The van der Waals surface area contributed by atoms with E-state index in [0.29, 0.717) is 6.42 Å². The standard InChI is InChI=1S/C13H19ClN4O2S/c1-3-17-13-12(9(2)16-17)15-11(7-14)18(13)10-5-4-6-21(19,20)8-10/h10H,3-8H2,1-2H3. The molecule has 3 heterocycles. The fourth-order valence-corrected chi connectivity index (χ4v) is 5.00. The van der Waals surface area contributed by atoms with E-state index < -0.39 is 9.84 Å². The van der Waals surface area contributed by atoms with Gasteiger partial charge in [-0.15, -0.1) is 11.6 Å². The van der Waals surface area contributed by atoms with Crippen molar-refractivity contribution in [1.29, 1.82) is 0 Å². The Hall–Kier alpha value is -1.08. The maximum Gasteiger partial charge on any atom is 0.159 e. The average Bonchev–Trinajstić information content (AvgIpc) is 2.95. The molecule has 0 saturated carbocycles. The Labute approximate surface area is 129 Å². The van der Waals surface area contributed by atoms with E-state index in [1.54, 1.807) is 0 Å². The molecular weight excluding hydrogens is 312 g/mol. The Morgan fingerprint density at radius 3 is 2.81 bits per heavy atom. The van der Waals surface area contributed by atoms with E-state index in [1.165, 1.54) is 0 Å². The van der Waals surface area contributed by atoms with Crippen molar-refractivity contribution in [1.82, 2.24) is 19.3 Å². The molecule has 0 bridgehead atoms. The second-order valence-corrected chi connectivity index (χ2v) is 8.01. The highest BCUT2D eigenvalue weighted by molar-refractivity contribution is 7.91. The summed E-state index contributed by atoms with van der Waals surface area (Å²) in [6, 6.07) is -0.0936. The molecule has 1 unspecified atom stereocenters. The van der Waals surface area contributed by atoms with E-state index >= 15 is 0 Å². The molecule has 2 aromatic rings. The summed E-state index contributed by atoms with van der Waals surface area (Å²) in [5.41, 5.74) is 2.58. The van der Waals surface area contributed by atoms with Gasteiger partial charge in [0.2, 0.25) is 0 Å². The first-order valence-electron chi connectivity index (χ1n) is 7.17. The summed E-state index contributed by atoms with van der Waals surface area (Å²) in [6.07, 6.45) is 1.52. The summed E-state index contributed by atoms with van der Waals surface area (Å²) < 4.78 is 27.8. The zero-order valence-corrected chi connectivity index (χ0v) is 13.8. The van der Waals surface area contributed by atoms with Crippen LogP contribution < -0.4 is 0 Å². The number of imidazole rings is 1. The number of rotatable bonds is 3. The Morgan fingerprint density at radius 2 is 2.19 bits per heavy atom. The monoisotopic (exact) mass is 330 g/mol. The lowest BCUT2D eigenvalue weighted by atomic mass is 10.2. The number of aromatic nitrogens is 4. The fourth-order valence-electron chi connectivity index (χ4n) is 3.14. The van der Waals surface area contributed by atoms with Gasteiger partial charge >= 0.3 is 0 Å². The van der Waals surface area contributed by atoms with Gasteiger partial charge in [0.05, 0.1) is 29.1 Å². The third kappa shape index (κ3) is 2.46. The molecule has 0 aliphatic carbocycles. The van der Waals surface area contributed by atoms with Crippen LogP contribution >= 0.6 is 11.6 Å². The minimum absolute atomic E-state index is 0.0936. The number of fused-ring (bicyclic) bond motifs is 1. The zero-order valence-electron chi connectivity index (χ0n) is 12.2. The van der Waals surface area contributed by atoms with Crippen molar-refractivity contribution < 1.29 is 8.42 Å². The van der Waals surface area contributed by atoms with Crippen LogP contribution in [0.15, 0.2) is 0 Å². The lowest BCUT2D eigenvalue weighted by molar-refractivity contribution is 0.461. The summed E-state index contributed by atoms with van der Waals surface area (Å²) in [6.45, 7) is 4.65. The normalized spacial score (nSPS) is 22.0. The Kier molecular flexibility index (Phi) is 3.73. The first-order chi connectivity index (χ1) is 9.96. The molecular formula is C13H19ClN4O2S. The molecule has 1 aliphatic rings. The van der Waals surface area contributed by atoms with Crippen LogP contribution in [0.3, 0.4) is 0 Å². The molecule has 0 radical (unpaired) electrons. The van der Waals surface area contributed by atoms with Crippen molar-refractivity contribution in [2.45, 2.75) is 45.2 Å².